The molecule has 0 aliphatic heterocycles. The molecule has 3 aromatic heterocycles. The monoisotopic (exact) mass is 401 g/mol. The van der Waals surface area contributed by atoms with E-state index in [2.05, 4.69) is 36.1 Å². The summed E-state index contributed by atoms with van der Waals surface area (Å²) >= 11 is 0. The van der Waals surface area contributed by atoms with Crippen LogP contribution in [-0.2, 0) is 6.54 Å². The molecule has 0 radical (unpaired) electrons. The number of benzene rings is 1. The van der Waals surface area contributed by atoms with E-state index < -0.39 is 0 Å². The molecule has 0 unspecified atom stereocenters. The molecule has 1 fully saturated rings. The molecular formula is C24H27N5O. The van der Waals surface area contributed by atoms with Crippen LogP contribution in [0.1, 0.15) is 43.4 Å². The molecular weight excluding hydrogens is 374 g/mol. The first-order chi connectivity index (χ1) is 14.6. The van der Waals surface area contributed by atoms with Crippen molar-refractivity contribution in [2.75, 3.05) is 0 Å². The van der Waals surface area contributed by atoms with Crippen LogP contribution in [0.2, 0.25) is 0 Å². The third-order valence-electron chi connectivity index (χ3n) is 6.37. The van der Waals surface area contributed by atoms with Crippen molar-refractivity contribution < 1.29 is 0 Å². The Bertz CT molecular complexity index is 1260. The fourth-order valence-electron chi connectivity index (χ4n) is 4.79. The first-order valence-corrected chi connectivity index (χ1v) is 10.8. The van der Waals surface area contributed by atoms with E-state index in [-0.39, 0.29) is 5.69 Å². The second-order valence-corrected chi connectivity index (χ2v) is 8.49. The minimum absolute atomic E-state index is 0.0392. The fourth-order valence-corrected chi connectivity index (χ4v) is 4.79. The lowest BCUT2D eigenvalue weighted by molar-refractivity contribution is 0.314. The van der Waals surface area contributed by atoms with E-state index in [0.717, 1.165) is 40.4 Å². The normalized spacial score (nSPS) is 15.1. The predicted octanol–water partition coefficient (Wildman–Crippen LogP) is 4.55. The van der Waals surface area contributed by atoms with Crippen LogP contribution >= 0.6 is 0 Å². The zero-order chi connectivity index (χ0) is 20.7. The largest absolute Gasteiger partial charge is 0.333 e. The maximum Gasteiger partial charge on any atom is 0.333 e. The summed E-state index contributed by atoms with van der Waals surface area (Å²) in [5.74, 6) is 0.578. The second kappa shape index (κ2) is 7.59. The Kier molecular flexibility index (Phi) is 4.77. The Morgan fingerprint density at radius 1 is 1.07 bits per heavy atom. The van der Waals surface area contributed by atoms with Crippen molar-refractivity contribution in [3.8, 4) is 16.9 Å². The van der Waals surface area contributed by atoms with Crippen LogP contribution in [0.5, 0.6) is 0 Å². The van der Waals surface area contributed by atoms with Gasteiger partial charge in [-0.3, -0.25) is 9.13 Å². The van der Waals surface area contributed by atoms with E-state index in [9.17, 15) is 4.79 Å². The van der Waals surface area contributed by atoms with Gasteiger partial charge in [-0.15, -0.1) is 0 Å². The smallest absolute Gasteiger partial charge is 0.295 e. The van der Waals surface area contributed by atoms with Crippen LogP contribution in [0.4, 0.5) is 0 Å². The van der Waals surface area contributed by atoms with Crippen molar-refractivity contribution in [3.05, 3.63) is 70.7 Å². The first kappa shape index (κ1) is 18.9. The van der Waals surface area contributed by atoms with E-state index in [1.54, 1.807) is 10.8 Å². The lowest BCUT2D eigenvalue weighted by Crippen LogP contribution is -2.27. The van der Waals surface area contributed by atoms with Crippen LogP contribution in [0, 0.1) is 19.8 Å². The number of pyridine rings is 1. The van der Waals surface area contributed by atoms with Crippen LogP contribution in [0.25, 0.3) is 22.6 Å². The van der Waals surface area contributed by atoms with E-state index in [4.69, 9.17) is 0 Å². The summed E-state index contributed by atoms with van der Waals surface area (Å²) in [6.07, 6.45) is 9.79. The predicted molar refractivity (Wildman–Crippen MR) is 118 cm³/mol. The zero-order valence-electron chi connectivity index (χ0n) is 17.6. The highest BCUT2D eigenvalue weighted by Crippen LogP contribution is 2.29. The number of fused-ring (bicyclic) bond motifs is 1. The van der Waals surface area contributed by atoms with Gasteiger partial charge in [0.15, 0.2) is 5.65 Å². The standard InChI is InChI=1S/C24H27N5O/c1-17-7-6-10-21(13-17)29-23(20-11-12-22-25-16-26-28(22)15-20)18(2)27(24(29)30)14-19-8-4-3-5-9-19/h6-7,10-13,15-16,19H,3-5,8-9,14H2,1-2H3. The Balaban J connectivity index is 1.70. The van der Waals surface area contributed by atoms with Gasteiger partial charge < -0.3 is 0 Å². The van der Waals surface area contributed by atoms with Gasteiger partial charge in [0, 0.05) is 24.0 Å². The van der Waals surface area contributed by atoms with Gasteiger partial charge in [-0.05, 0) is 62.4 Å². The fraction of sp³-hybridized carbons (Fsp3) is 0.375. The lowest BCUT2D eigenvalue weighted by Gasteiger charge is -2.22. The van der Waals surface area contributed by atoms with Crippen molar-refractivity contribution in [3.63, 3.8) is 0 Å². The van der Waals surface area contributed by atoms with Crippen molar-refractivity contribution in [1.82, 2.24) is 23.7 Å². The van der Waals surface area contributed by atoms with Crippen LogP contribution in [0.15, 0.2) is 53.7 Å². The highest BCUT2D eigenvalue weighted by atomic mass is 16.1. The molecule has 30 heavy (non-hydrogen) atoms. The molecule has 1 aliphatic rings. The Labute approximate surface area is 175 Å². The lowest BCUT2D eigenvalue weighted by atomic mass is 9.89. The third kappa shape index (κ3) is 3.26. The number of aryl methyl sites for hydroxylation is 1. The number of aromatic nitrogens is 5. The molecule has 154 valence electrons. The SMILES string of the molecule is Cc1cccc(-n2c(-c3ccc4ncnn4c3)c(C)n(CC3CCCCC3)c2=O)c1. The van der Waals surface area contributed by atoms with Crippen molar-refractivity contribution in [2.45, 2.75) is 52.5 Å². The molecule has 1 saturated carbocycles. The average Bonchev–Trinajstić information content (AvgIpc) is 3.32. The summed E-state index contributed by atoms with van der Waals surface area (Å²) in [5, 5.41) is 4.29. The molecule has 1 aliphatic carbocycles. The van der Waals surface area contributed by atoms with Gasteiger partial charge in [0.25, 0.3) is 0 Å². The number of hydrogen-bond acceptors (Lipinski definition) is 3. The molecule has 3 heterocycles. The van der Waals surface area contributed by atoms with Crippen molar-refractivity contribution in [2.24, 2.45) is 5.92 Å². The Morgan fingerprint density at radius 3 is 2.70 bits per heavy atom. The molecule has 0 atom stereocenters. The number of nitrogens with zero attached hydrogens (tertiary/aromatic N) is 5. The molecule has 0 bridgehead atoms. The van der Waals surface area contributed by atoms with Gasteiger partial charge in [-0.25, -0.2) is 14.3 Å². The summed E-state index contributed by atoms with van der Waals surface area (Å²) in [6.45, 7) is 4.92. The highest BCUT2D eigenvalue weighted by Gasteiger charge is 2.23. The van der Waals surface area contributed by atoms with Crippen LogP contribution in [0.3, 0.4) is 0 Å². The molecule has 0 N–H and O–H groups in total. The van der Waals surface area contributed by atoms with E-state index >= 15 is 0 Å². The van der Waals surface area contributed by atoms with Gasteiger partial charge >= 0.3 is 5.69 Å². The van der Waals surface area contributed by atoms with Crippen molar-refractivity contribution >= 4 is 5.65 Å². The van der Waals surface area contributed by atoms with Gasteiger partial charge in [0.1, 0.15) is 6.33 Å². The van der Waals surface area contributed by atoms with Crippen LogP contribution in [-0.4, -0.2) is 23.7 Å². The highest BCUT2D eigenvalue weighted by molar-refractivity contribution is 5.66. The molecule has 5 rings (SSSR count). The maximum atomic E-state index is 13.7. The van der Waals surface area contributed by atoms with Crippen molar-refractivity contribution in [1.29, 1.82) is 0 Å². The Hall–Kier alpha value is -3.15. The molecule has 1 aromatic carbocycles. The maximum absolute atomic E-state index is 13.7. The van der Waals surface area contributed by atoms with Crippen LogP contribution < -0.4 is 5.69 Å². The van der Waals surface area contributed by atoms with E-state index in [1.165, 1.54) is 32.1 Å². The van der Waals surface area contributed by atoms with Gasteiger partial charge in [-0.1, -0.05) is 31.4 Å². The quantitative estimate of drug-likeness (QED) is 0.504. The molecule has 6 heteroatoms. The average molecular weight is 402 g/mol. The minimum Gasteiger partial charge on any atom is -0.295 e. The van der Waals surface area contributed by atoms with Gasteiger partial charge in [0.2, 0.25) is 0 Å². The summed E-state index contributed by atoms with van der Waals surface area (Å²) in [6, 6.07) is 12.1. The molecule has 0 spiro atoms. The second-order valence-electron chi connectivity index (χ2n) is 8.49. The van der Waals surface area contributed by atoms with E-state index in [1.807, 2.05) is 39.6 Å². The number of imidazole rings is 1. The molecule has 0 saturated heterocycles. The van der Waals surface area contributed by atoms with Gasteiger partial charge in [0.05, 0.1) is 11.4 Å². The Morgan fingerprint density at radius 2 is 1.90 bits per heavy atom. The van der Waals surface area contributed by atoms with E-state index in [0.29, 0.717) is 5.92 Å². The summed E-state index contributed by atoms with van der Waals surface area (Å²) in [4.78, 5) is 17.9. The summed E-state index contributed by atoms with van der Waals surface area (Å²) in [5.41, 5.74) is 5.77. The molecule has 4 aromatic rings. The number of hydrogen-bond donors (Lipinski definition) is 0. The summed E-state index contributed by atoms with van der Waals surface area (Å²) < 4.78 is 5.61. The third-order valence-corrected chi connectivity index (χ3v) is 6.37. The number of rotatable bonds is 4. The topological polar surface area (TPSA) is 57.1 Å². The zero-order valence-corrected chi connectivity index (χ0v) is 17.6. The minimum atomic E-state index is 0.0392. The molecule has 6 nitrogen and oxygen atoms in total. The van der Waals surface area contributed by atoms with Gasteiger partial charge in [-0.2, -0.15) is 5.10 Å². The first-order valence-electron chi connectivity index (χ1n) is 10.8. The molecule has 0 amide bonds. The summed E-state index contributed by atoms with van der Waals surface area (Å²) in [7, 11) is 0.